The normalized spacial score (nSPS) is 20.8. The third-order valence-electron chi connectivity index (χ3n) is 7.01. The Balaban J connectivity index is 1.58. The van der Waals surface area contributed by atoms with E-state index in [9.17, 15) is 14.0 Å². The van der Waals surface area contributed by atoms with Crippen LogP contribution in [-0.2, 0) is 16.0 Å². The number of rotatable bonds is 4. The number of carbonyl (C=O) groups is 2. The van der Waals surface area contributed by atoms with Gasteiger partial charge in [-0.2, -0.15) is 0 Å². The molecule has 0 bridgehead atoms. The van der Waals surface area contributed by atoms with Crippen molar-refractivity contribution in [2.45, 2.75) is 51.9 Å². The molecule has 0 aliphatic carbocycles. The summed E-state index contributed by atoms with van der Waals surface area (Å²) in [5, 5.41) is 0. The summed E-state index contributed by atoms with van der Waals surface area (Å²) in [6.07, 6.45) is 6.86. The first-order valence-electron chi connectivity index (χ1n) is 11.4. The van der Waals surface area contributed by atoms with Gasteiger partial charge in [-0.25, -0.2) is 4.39 Å². The number of piperidine rings is 2. The number of hydrogen-bond acceptors (Lipinski definition) is 4. The fraction of sp³-hybridized carbons (Fsp3) is 0.520. The van der Waals surface area contributed by atoms with E-state index in [0.717, 1.165) is 24.2 Å². The molecule has 2 saturated heterocycles. The Kier molecular flexibility index (Phi) is 6.53. The summed E-state index contributed by atoms with van der Waals surface area (Å²) in [5.41, 5.74) is 1.67. The summed E-state index contributed by atoms with van der Waals surface area (Å²) in [6.45, 7) is 5.83. The van der Waals surface area contributed by atoms with E-state index < -0.39 is 5.41 Å². The van der Waals surface area contributed by atoms with Crippen LogP contribution >= 0.6 is 0 Å². The molecule has 0 radical (unpaired) electrons. The van der Waals surface area contributed by atoms with E-state index in [2.05, 4.69) is 9.97 Å². The van der Waals surface area contributed by atoms with Crippen LogP contribution in [-0.4, -0.2) is 57.8 Å². The minimum absolute atomic E-state index is 0.0213. The molecule has 4 rings (SSSR count). The van der Waals surface area contributed by atoms with Crippen LogP contribution in [0.3, 0.4) is 0 Å². The number of carbonyl (C=O) groups excluding carboxylic acids is 2. The molecule has 7 heteroatoms. The van der Waals surface area contributed by atoms with Crippen LogP contribution in [0.1, 0.15) is 55.5 Å². The molecule has 1 unspecified atom stereocenters. The Morgan fingerprint density at radius 3 is 2.56 bits per heavy atom. The van der Waals surface area contributed by atoms with Crippen molar-refractivity contribution in [3.05, 3.63) is 59.4 Å². The van der Waals surface area contributed by atoms with Gasteiger partial charge in [-0.3, -0.25) is 19.6 Å². The van der Waals surface area contributed by atoms with Gasteiger partial charge in [0.15, 0.2) is 0 Å². The average molecular weight is 439 g/mol. The Bertz CT molecular complexity index is 987. The maximum atomic E-state index is 14.5. The molecule has 3 heterocycles. The zero-order chi connectivity index (χ0) is 22.7. The molecule has 0 N–H and O–H groups in total. The summed E-state index contributed by atoms with van der Waals surface area (Å²) in [5.74, 6) is -0.0228. The van der Waals surface area contributed by atoms with E-state index in [1.165, 1.54) is 6.07 Å². The Morgan fingerprint density at radius 2 is 1.88 bits per heavy atom. The highest BCUT2D eigenvalue weighted by Gasteiger charge is 2.45. The molecule has 0 saturated carbocycles. The van der Waals surface area contributed by atoms with Crippen molar-refractivity contribution < 1.29 is 14.0 Å². The molecule has 1 aromatic carbocycles. The highest BCUT2D eigenvalue weighted by molar-refractivity contribution is 5.84. The van der Waals surface area contributed by atoms with E-state index in [1.807, 2.05) is 17.9 Å². The zero-order valence-corrected chi connectivity index (χ0v) is 18.9. The first-order valence-corrected chi connectivity index (χ1v) is 11.4. The second-order valence-corrected chi connectivity index (χ2v) is 9.23. The fourth-order valence-electron chi connectivity index (χ4n) is 5.14. The van der Waals surface area contributed by atoms with Gasteiger partial charge in [0.25, 0.3) is 0 Å². The molecule has 2 amide bonds. The van der Waals surface area contributed by atoms with Crippen LogP contribution in [0, 0.1) is 18.2 Å². The third-order valence-corrected chi connectivity index (χ3v) is 7.01. The number of likely N-dealkylation sites (tertiary alicyclic amines) is 2. The van der Waals surface area contributed by atoms with Crippen molar-refractivity contribution in [1.82, 2.24) is 19.8 Å². The molecule has 6 nitrogen and oxygen atoms in total. The average Bonchev–Trinajstić information content (AvgIpc) is 2.80. The van der Waals surface area contributed by atoms with Gasteiger partial charge in [0, 0.05) is 51.4 Å². The number of aromatic nitrogens is 2. The summed E-state index contributed by atoms with van der Waals surface area (Å²) < 4.78 is 14.5. The van der Waals surface area contributed by atoms with Crippen LogP contribution in [0.2, 0.25) is 0 Å². The first kappa shape index (κ1) is 22.4. The number of nitrogens with zero attached hydrogens (tertiary/aromatic N) is 4. The number of hydrogen-bond donors (Lipinski definition) is 0. The maximum absolute atomic E-state index is 14.5. The van der Waals surface area contributed by atoms with Crippen LogP contribution in [0.25, 0.3) is 0 Å². The van der Waals surface area contributed by atoms with Gasteiger partial charge in [-0.1, -0.05) is 18.2 Å². The summed E-state index contributed by atoms with van der Waals surface area (Å²) in [6, 6.07) is 6.70. The first-order chi connectivity index (χ1) is 15.4. The van der Waals surface area contributed by atoms with E-state index in [-0.39, 0.29) is 23.5 Å². The van der Waals surface area contributed by atoms with E-state index in [1.54, 1.807) is 36.4 Å². The van der Waals surface area contributed by atoms with Crippen molar-refractivity contribution in [2.24, 2.45) is 5.41 Å². The number of aryl methyl sites for hydroxylation is 1. The van der Waals surface area contributed by atoms with Gasteiger partial charge in [-0.05, 0) is 50.7 Å². The van der Waals surface area contributed by atoms with Crippen molar-refractivity contribution in [3.8, 4) is 0 Å². The molecule has 2 aliphatic heterocycles. The SMILES string of the molecule is CC(=O)N1CCC(Cc2ccccc2F)(C(=O)N2CCCC(c3cncc(C)n3)C2)CC1. The highest BCUT2D eigenvalue weighted by atomic mass is 19.1. The smallest absolute Gasteiger partial charge is 0.229 e. The monoisotopic (exact) mass is 438 g/mol. The summed E-state index contributed by atoms with van der Waals surface area (Å²) in [4.78, 5) is 38.5. The van der Waals surface area contributed by atoms with Crippen molar-refractivity contribution in [1.29, 1.82) is 0 Å². The van der Waals surface area contributed by atoms with Gasteiger partial charge in [-0.15, -0.1) is 0 Å². The number of halogens is 1. The third kappa shape index (κ3) is 4.66. The molecular formula is C25H31FN4O2. The van der Waals surface area contributed by atoms with Crippen LogP contribution < -0.4 is 0 Å². The van der Waals surface area contributed by atoms with Crippen molar-refractivity contribution in [2.75, 3.05) is 26.2 Å². The lowest BCUT2D eigenvalue weighted by molar-refractivity contribution is -0.149. The van der Waals surface area contributed by atoms with Crippen LogP contribution in [0.15, 0.2) is 36.7 Å². The summed E-state index contributed by atoms with van der Waals surface area (Å²) >= 11 is 0. The molecular weight excluding hydrogens is 407 g/mol. The Morgan fingerprint density at radius 1 is 1.12 bits per heavy atom. The lowest BCUT2D eigenvalue weighted by Crippen LogP contribution is -2.54. The second kappa shape index (κ2) is 9.35. The van der Waals surface area contributed by atoms with Gasteiger partial charge in [0.2, 0.25) is 11.8 Å². The standard InChI is InChI=1S/C25H31FN4O2/c1-18-15-27-16-23(28-18)21-7-5-11-30(17-21)24(32)25(9-12-29(13-10-25)19(2)31)14-20-6-3-4-8-22(20)26/h3-4,6,8,15-16,21H,5,7,9-14,17H2,1-2H3. The topological polar surface area (TPSA) is 66.4 Å². The quantitative estimate of drug-likeness (QED) is 0.733. The van der Waals surface area contributed by atoms with Crippen molar-refractivity contribution in [3.63, 3.8) is 0 Å². The van der Waals surface area contributed by atoms with Crippen LogP contribution in [0.4, 0.5) is 4.39 Å². The lowest BCUT2D eigenvalue weighted by atomic mass is 9.72. The number of amides is 2. The summed E-state index contributed by atoms with van der Waals surface area (Å²) in [7, 11) is 0. The van der Waals surface area contributed by atoms with E-state index in [0.29, 0.717) is 51.0 Å². The lowest BCUT2D eigenvalue weighted by Gasteiger charge is -2.45. The Labute approximate surface area is 188 Å². The minimum Gasteiger partial charge on any atom is -0.343 e. The maximum Gasteiger partial charge on any atom is 0.229 e. The molecule has 2 fully saturated rings. The zero-order valence-electron chi connectivity index (χ0n) is 18.9. The van der Waals surface area contributed by atoms with Gasteiger partial charge < -0.3 is 9.80 Å². The van der Waals surface area contributed by atoms with E-state index in [4.69, 9.17) is 0 Å². The van der Waals surface area contributed by atoms with E-state index >= 15 is 0 Å². The molecule has 0 spiro atoms. The predicted molar refractivity (Wildman–Crippen MR) is 119 cm³/mol. The molecule has 32 heavy (non-hydrogen) atoms. The molecule has 1 aromatic heterocycles. The highest BCUT2D eigenvalue weighted by Crippen LogP contribution is 2.39. The van der Waals surface area contributed by atoms with Crippen LogP contribution in [0.5, 0.6) is 0 Å². The number of benzene rings is 1. The molecule has 2 aromatic rings. The van der Waals surface area contributed by atoms with Gasteiger partial charge in [0.05, 0.1) is 16.8 Å². The fourth-order valence-corrected chi connectivity index (χ4v) is 5.14. The van der Waals surface area contributed by atoms with Crippen molar-refractivity contribution >= 4 is 11.8 Å². The molecule has 2 aliphatic rings. The second-order valence-electron chi connectivity index (χ2n) is 9.23. The molecule has 1 atom stereocenters. The minimum atomic E-state index is -0.700. The largest absolute Gasteiger partial charge is 0.343 e. The Hall–Kier alpha value is -2.83. The van der Waals surface area contributed by atoms with Gasteiger partial charge in [0.1, 0.15) is 5.82 Å². The van der Waals surface area contributed by atoms with Gasteiger partial charge >= 0.3 is 0 Å². The molecule has 170 valence electrons. The predicted octanol–water partition coefficient (Wildman–Crippen LogP) is 3.50.